The van der Waals surface area contributed by atoms with Crippen LogP contribution in [0.15, 0.2) is 0 Å². The largest absolute Gasteiger partial charge is 0.303 e. The molecule has 168 valence electrons. The van der Waals surface area contributed by atoms with Crippen molar-refractivity contribution in [2.75, 3.05) is 19.6 Å². The van der Waals surface area contributed by atoms with Gasteiger partial charge < -0.3 is 4.90 Å². The number of hydrogen-bond acceptors (Lipinski definition) is 1. The van der Waals surface area contributed by atoms with Crippen LogP contribution in [0.2, 0.25) is 0 Å². The zero-order valence-electron chi connectivity index (χ0n) is 20.8. The Morgan fingerprint density at radius 1 is 0.857 bits per heavy atom. The molecule has 2 unspecified atom stereocenters. The lowest BCUT2D eigenvalue weighted by atomic mass is 9.61. The first-order valence-corrected chi connectivity index (χ1v) is 12.3. The molecule has 1 saturated heterocycles. The second-order valence-corrected chi connectivity index (χ2v) is 11.9. The average Bonchev–Trinajstić information content (AvgIpc) is 2.62. The highest BCUT2D eigenvalue weighted by Gasteiger charge is 2.40. The van der Waals surface area contributed by atoms with Gasteiger partial charge in [0.2, 0.25) is 0 Å². The lowest BCUT2D eigenvalue weighted by molar-refractivity contribution is 0.0246. The van der Waals surface area contributed by atoms with Crippen molar-refractivity contribution in [1.82, 2.24) is 4.90 Å². The van der Waals surface area contributed by atoms with E-state index in [-0.39, 0.29) is 9.90 Å². The lowest BCUT2D eigenvalue weighted by Gasteiger charge is -2.47. The predicted octanol–water partition coefficient (Wildman–Crippen LogP) is 7.71. The van der Waals surface area contributed by atoms with Gasteiger partial charge in [-0.15, -0.1) is 0 Å². The summed E-state index contributed by atoms with van der Waals surface area (Å²) in [5.41, 5.74) is 0.978. The summed E-state index contributed by atoms with van der Waals surface area (Å²) in [7, 11) is 0. The first-order valence-electron chi connectivity index (χ1n) is 12.3. The molecule has 2 rings (SSSR count). The Balaban J connectivity index is 0.00000392. The van der Waals surface area contributed by atoms with Gasteiger partial charge in [0.05, 0.1) is 0 Å². The molecule has 1 aliphatic heterocycles. The molecule has 2 heteroatoms. The van der Waals surface area contributed by atoms with Crippen LogP contribution in [0, 0.1) is 40.4 Å². The quantitative estimate of drug-likeness (QED) is 0.370. The maximum atomic E-state index is 2.82. The SMILES string of the molecule is CCC(C)(CC(C)(C)C(C)C)C1CCN(CC2CCC(C(C)C)CC2)CC1.P. The van der Waals surface area contributed by atoms with Crippen molar-refractivity contribution < 1.29 is 0 Å². The summed E-state index contributed by atoms with van der Waals surface area (Å²) in [5.74, 6) is 4.57. The summed E-state index contributed by atoms with van der Waals surface area (Å²) in [5, 5.41) is 0. The lowest BCUT2D eigenvalue weighted by Crippen LogP contribution is -2.43. The van der Waals surface area contributed by atoms with E-state index in [1.54, 1.807) is 0 Å². The third kappa shape index (κ3) is 6.97. The third-order valence-corrected chi connectivity index (χ3v) is 9.15. The van der Waals surface area contributed by atoms with Gasteiger partial charge in [-0.1, -0.05) is 61.8 Å². The van der Waals surface area contributed by atoms with Gasteiger partial charge in [-0.05, 0) is 98.5 Å². The smallest absolute Gasteiger partial charge is 0.000966 e. The van der Waals surface area contributed by atoms with Gasteiger partial charge in [0.15, 0.2) is 0 Å². The van der Waals surface area contributed by atoms with Crippen LogP contribution in [0.1, 0.15) is 107 Å². The van der Waals surface area contributed by atoms with Crippen LogP contribution in [0.25, 0.3) is 0 Å². The molecule has 0 aromatic carbocycles. The molecular weight excluding hydrogens is 357 g/mol. The van der Waals surface area contributed by atoms with E-state index in [9.17, 15) is 0 Å². The molecule has 0 radical (unpaired) electrons. The maximum Gasteiger partial charge on any atom is 0.000966 e. The summed E-state index contributed by atoms with van der Waals surface area (Å²) in [6.45, 7) is 23.8. The number of hydrogen-bond donors (Lipinski definition) is 0. The fraction of sp³-hybridized carbons (Fsp3) is 1.00. The highest BCUT2D eigenvalue weighted by molar-refractivity contribution is 6.92. The standard InChI is InChI=1S/C26H51N.H3P/c1-9-26(8,19-25(6,7)21(4)5)24-14-16-27(17-15-24)18-22-10-12-23(13-11-22)20(2)3;/h20-24H,9-19H2,1-8H3;1H3. The van der Waals surface area contributed by atoms with Crippen molar-refractivity contribution in [1.29, 1.82) is 0 Å². The van der Waals surface area contributed by atoms with E-state index in [0.29, 0.717) is 10.8 Å². The molecule has 28 heavy (non-hydrogen) atoms. The number of nitrogens with zero attached hydrogens (tertiary/aromatic N) is 1. The van der Waals surface area contributed by atoms with E-state index in [1.165, 1.54) is 71.0 Å². The molecule has 0 spiro atoms. The molecule has 0 aromatic rings. The van der Waals surface area contributed by atoms with Crippen molar-refractivity contribution in [3.8, 4) is 0 Å². The number of piperidine rings is 1. The van der Waals surface area contributed by atoms with E-state index >= 15 is 0 Å². The van der Waals surface area contributed by atoms with E-state index in [1.807, 2.05) is 0 Å². The highest BCUT2D eigenvalue weighted by Crippen LogP contribution is 2.48. The van der Waals surface area contributed by atoms with Crippen molar-refractivity contribution in [2.45, 2.75) is 107 Å². The predicted molar refractivity (Wildman–Crippen MR) is 132 cm³/mol. The van der Waals surface area contributed by atoms with Gasteiger partial charge in [-0.2, -0.15) is 9.90 Å². The molecule has 1 aliphatic carbocycles. The molecular formula is C26H54NP. The van der Waals surface area contributed by atoms with Gasteiger partial charge in [0.25, 0.3) is 0 Å². The normalized spacial score (nSPS) is 27.6. The Bertz CT molecular complexity index is 428. The Kier molecular flexibility index (Phi) is 10.5. The summed E-state index contributed by atoms with van der Waals surface area (Å²) < 4.78 is 0. The minimum atomic E-state index is 0. The summed E-state index contributed by atoms with van der Waals surface area (Å²) in [6.07, 6.45) is 11.5. The number of likely N-dealkylation sites (tertiary alicyclic amines) is 1. The van der Waals surface area contributed by atoms with Crippen LogP contribution in [0.3, 0.4) is 0 Å². The fourth-order valence-electron chi connectivity index (χ4n) is 6.02. The molecule has 1 nitrogen and oxygen atoms in total. The second-order valence-electron chi connectivity index (χ2n) is 11.9. The second kappa shape index (κ2) is 11.1. The van der Waals surface area contributed by atoms with Crippen LogP contribution < -0.4 is 0 Å². The molecule has 1 heterocycles. The van der Waals surface area contributed by atoms with Crippen LogP contribution in [0.4, 0.5) is 0 Å². The Labute approximate surface area is 181 Å². The molecule has 0 N–H and O–H groups in total. The molecule has 2 aliphatic rings. The topological polar surface area (TPSA) is 3.24 Å². The van der Waals surface area contributed by atoms with Gasteiger partial charge in [0.1, 0.15) is 0 Å². The van der Waals surface area contributed by atoms with Crippen molar-refractivity contribution in [3.63, 3.8) is 0 Å². The summed E-state index contributed by atoms with van der Waals surface area (Å²) in [4.78, 5) is 2.82. The fourth-order valence-corrected chi connectivity index (χ4v) is 6.02. The van der Waals surface area contributed by atoms with Crippen LogP contribution in [-0.4, -0.2) is 24.5 Å². The minimum absolute atomic E-state index is 0. The Hall–Kier alpha value is 0.390. The molecule has 0 bridgehead atoms. The van der Waals surface area contributed by atoms with Crippen molar-refractivity contribution in [2.24, 2.45) is 40.4 Å². The first kappa shape index (κ1) is 26.4. The van der Waals surface area contributed by atoms with E-state index in [4.69, 9.17) is 0 Å². The van der Waals surface area contributed by atoms with Crippen molar-refractivity contribution in [3.05, 3.63) is 0 Å². The van der Waals surface area contributed by atoms with Crippen LogP contribution in [0.5, 0.6) is 0 Å². The Morgan fingerprint density at radius 2 is 1.39 bits per heavy atom. The zero-order valence-corrected chi connectivity index (χ0v) is 22.2. The Morgan fingerprint density at radius 3 is 1.82 bits per heavy atom. The van der Waals surface area contributed by atoms with Gasteiger partial charge in [-0.3, -0.25) is 0 Å². The molecule has 2 fully saturated rings. The molecule has 0 aromatic heterocycles. The first-order chi connectivity index (χ1) is 12.6. The van der Waals surface area contributed by atoms with Crippen LogP contribution >= 0.6 is 9.90 Å². The number of rotatable bonds is 8. The summed E-state index contributed by atoms with van der Waals surface area (Å²) >= 11 is 0. The van der Waals surface area contributed by atoms with Gasteiger partial charge in [-0.25, -0.2) is 0 Å². The zero-order chi connectivity index (χ0) is 20.2. The van der Waals surface area contributed by atoms with E-state index in [0.717, 1.165) is 29.6 Å². The highest BCUT2D eigenvalue weighted by atomic mass is 31.0. The van der Waals surface area contributed by atoms with E-state index < -0.39 is 0 Å². The maximum absolute atomic E-state index is 2.82. The van der Waals surface area contributed by atoms with Crippen molar-refractivity contribution >= 4 is 9.90 Å². The van der Waals surface area contributed by atoms with Gasteiger partial charge in [0, 0.05) is 6.54 Å². The third-order valence-electron chi connectivity index (χ3n) is 9.15. The van der Waals surface area contributed by atoms with E-state index in [2.05, 4.69) is 60.3 Å². The molecule has 0 amide bonds. The minimum Gasteiger partial charge on any atom is -0.303 e. The average molecular weight is 412 g/mol. The molecule has 2 atom stereocenters. The van der Waals surface area contributed by atoms with Gasteiger partial charge >= 0.3 is 0 Å². The molecule has 1 saturated carbocycles. The summed E-state index contributed by atoms with van der Waals surface area (Å²) in [6, 6.07) is 0. The monoisotopic (exact) mass is 411 g/mol. The van der Waals surface area contributed by atoms with Crippen LogP contribution in [-0.2, 0) is 0 Å².